The molecule has 0 aromatic carbocycles. The Morgan fingerprint density at radius 1 is 1.41 bits per heavy atom. The highest BCUT2D eigenvalue weighted by Gasteiger charge is 2.06. The van der Waals surface area contributed by atoms with Gasteiger partial charge in [0.1, 0.15) is 0 Å². The predicted molar refractivity (Wildman–Crippen MR) is 71.9 cm³/mol. The highest BCUT2D eigenvalue weighted by Crippen LogP contribution is 2.12. The van der Waals surface area contributed by atoms with Gasteiger partial charge in [0, 0.05) is 26.7 Å². The van der Waals surface area contributed by atoms with Crippen LogP contribution in [0.25, 0.3) is 0 Å². The van der Waals surface area contributed by atoms with Crippen LogP contribution >= 0.6 is 11.3 Å². The normalized spacial score (nSPS) is 11.0. The number of ketones is 1. The average molecular weight is 255 g/mol. The van der Waals surface area contributed by atoms with Gasteiger partial charge in [-0.25, -0.2) is 0 Å². The number of Topliss-reactive ketones (excluding diaryl/α,β-unsaturated/α-hetero) is 1. The first kappa shape index (κ1) is 14.4. The van der Waals surface area contributed by atoms with Crippen LogP contribution in [0.4, 0.5) is 0 Å². The van der Waals surface area contributed by atoms with E-state index in [2.05, 4.69) is 11.9 Å². The fourth-order valence-corrected chi connectivity index (χ4v) is 2.35. The van der Waals surface area contributed by atoms with E-state index < -0.39 is 0 Å². The maximum absolute atomic E-state index is 11.7. The van der Waals surface area contributed by atoms with Crippen molar-refractivity contribution in [3.63, 3.8) is 0 Å². The summed E-state index contributed by atoms with van der Waals surface area (Å²) in [6.45, 7) is 2.81. The molecule has 0 spiro atoms. The van der Waals surface area contributed by atoms with Crippen LogP contribution in [-0.2, 0) is 4.74 Å². The van der Waals surface area contributed by atoms with Crippen molar-refractivity contribution in [3.8, 4) is 0 Å². The maximum Gasteiger partial charge on any atom is 0.172 e. The van der Waals surface area contributed by atoms with E-state index in [0.29, 0.717) is 6.42 Å². The molecule has 4 heteroatoms. The SMILES string of the molecule is COCCCN(C)CCCC(=O)c1cccs1. The number of carbonyl (C=O) groups is 1. The van der Waals surface area contributed by atoms with Crippen LogP contribution in [0.5, 0.6) is 0 Å². The molecule has 1 aromatic rings. The summed E-state index contributed by atoms with van der Waals surface area (Å²) in [5.74, 6) is 0.269. The lowest BCUT2D eigenvalue weighted by Gasteiger charge is -2.15. The molecule has 17 heavy (non-hydrogen) atoms. The van der Waals surface area contributed by atoms with Crippen molar-refractivity contribution in [1.82, 2.24) is 4.90 Å². The molecule has 1 aromatic heterocycles. The van der Waals surface area contributed by atoms with Crippen molar-refractivity contribution in [1.29, 1.82) is 0 Å². The molecule has 0 N–H and O–H groups in total. The molecule has 0 amide bonds. The second kappa shape index (κ2) is 8.39. The summed E-state index contributed by atoms with van der Waals surface area (Å²) in [4.78, 5) is 14.9. The molecule has 0 radical (unpaired) electrons. The number of nitrogens with zero attached hydrogens (tertiary/aromatic N) is 1. The van der Waals surface area contributed by atoms with Crippen LogP contribution < -0.4 is 0 Å². The number of rotatable bonds is 9. The zero-order chi connectivity index (χ0) is 12.5. The third-order valence-corrected chi connectivity index (χ3v) is 3.54. The average Bonchev–Trinajstić information content (AvgIpc) is 2.82. The first-order valence-corrected chi connectivity index (χ1v) is 6.86. The van der Waals surface area contributed by atoms with Crippen molar-refractivity contribution < 1.29 is 9.53 Å². The number of carbonyl (C=O) groups excluding carboxylic acids is 1. The second-order valence-corrected chi connectivity index (χ2v) is 5.10. The summed E-state index contributed by atoms with van der Waals surface area (Å²) in [5.41, 5.74) is 0. The molecule has 3 nitrogen and oxygen atoms in total. The molecule has 0 aliphatic carbocycles. The molecule has 0 unspecified atom stereocenters. The largest absolute Gasteiger partial charge is 0.385 e. The zero-order valence-electron chi connectivity index (χ0n) is 10.6. The van der Waals surface area contributed by atoms with Gasteiger partial charge in [-0.2, -0.15) is 0 Å². The summed E-state index contributed by atoms with van der Waals surface area (Å²) in [6, 6.07) is 3.82. The molecule has 0 saturated carbocycles. The first-order valence-electron chi connectivity index (χ1n) is 5.98. The standard InChI is InChI=1S/C13H21NO2S/c1-14(9-5-10-16-2)8-3-6-12(15)13-7-4-11-17-13/h4,7,11H,3,5-6,8-10H2,1-2H3. The number of hydrogen-bond donors (Lipinski definition) is 0. The van der Waals surface area contributed by atoms with E-state index in [0.717, 1.165) is 37.4 Å². The summed E-state index contributed by atoms with van der Waals surface area (Å²) in [6.07, 6.45) is 2.63. The highest BCUT2D eigenvalue weighted by atomic mass is 32.1. The van der Waals surface area contributed by atoms with Gasteiger partial charge < -0.3 is 9.64 Å². The predicted octanol–water partition coefficient (Wildman–Crippen LogP) is 2.68. The second-order valence-electron chi connectivity index (χ2n) is 4.15. The molecule has 0 saturated heterocycles. The molecule has 0 aliphatic rings. The topological polar surface area (TPSA) is 29.5 Å². The Morgan fingerprint density at radius 2 is 2.18 bits per heavy atom. The van der Waals surface area contributed by atoms with Gasteiger partial charge in [-0.3, -0.25) is 4.79 Å². The summed E-state index contributed by atoms with van der Waals surface area (Å²) in [5, 5.41) is 1.95. The van der Waals surface area contributed by atoms with Gasteiger partial charge in [0.25, 0.3) is 0 Å². The minimum atomic E-state index is 0.269. The van der Waals surface area contributed by atoms with E-state index in [4.69, 9.17) is 4.74 Å². The van der Waals surface area contributed by atoms with Crippen LogP contribution in [0.2, 0.25) is 0 Å². The van der Waals surface area contributed by atoms with E-state index in [9.17, 15) is 4.79 Å². The van der Waals surface area contributed by atoms with E-state index in [1.54, 1.807) is 7.11 Å². The van der Waals surface area contributed by atoms with Crippen molar-refractivity contribution >= 4 is 17.1 Å². The van der Waals surface area contributed by atoms with Crippen molar-refractivity contribution in [2.24, 2.45) is 0 Å². The molecule has 0 fully saturated rings. The molecule has 0 aliphatic heterocycles. The van der Waals surface area contributed by atoms with Gasteiger partial charge in [-0.05, 0) is 37.9 Å². The molecule has 0 bridgehead atoms. The molecule has 0 atom stereocenters. The molecule has 96 valence electrons. The maximum atomic E-state index is 11.7. The minimum absolute atomic E-state index is 0.269. The van der Waals surface area contributed by atoms with Crippen molar-refractivity contribution in [2.75, 3.05) is 33.9 Å². The van der Waals surface area contributed by atoms with E-state index in [-0.39, 0.29) is 5.78 Å². The Bertz CT molecular complexity index is 311. The lowest BCUT2D eigenvalue weighted by atomic mass is 10.2. The van der Waals surface area contributed by atoms with Gasteiger partial charge in [0.2, 0.25) is 0 Å². The van der Waals surface area contributed by atoms with Crippen LogP contribution in [0, 0.1) is 0 Å². The van der Waals surface area contributed by atoms with E-state index in [1.807, 2.05) is 17.5 Å². The van der Waals surface area contributed by atoms with Gasteiger partial charge in [0.15, 0.2) is 5.78 Å². The van der Waals surface area contributed by atoms with Crippen LogP contribution in [0.15, 0.2) is 17.5 Å². The Kier molecular flexibility index (Phi) is 7.08. The van der Waals surface area contributed by atoms with Crippen molar-refractivity contribution in [2.45, 2.75) is 19.3 Å². The Balaban J connectivity index is 2.09. The number of ether oxygens (including phenoxy) is 1. The lowest BCUT2D eigenvalue weighted by Crippen LogP contribution is -2.22. The van der Waals surface area contributed by atoms with E-state index in [1.165, 1.54) is 11.3 Å². The Hall–Kier alpha value is -0.710. The van der Waals surface area contributed by atoms with Gasteiger partial charge in [-0.15, -0.1) is 11.3 Å². The number of thiophene rings is 1. The highest BCUT2D eigenvalue weighted by molar-refractivity contribution is 7.12. The van der Waals surface area contributed by atoms with Crippen LogP contribution in [0.1, 0.15) is 28.9 Å². The van der Waals surface area contributed by atoms with E-state index >= 15 is 0 Å². The molecular formula is C13H21NO2S. The first-order chi connectivity index (χ1) is 8.24. The third-order valence-electron chi connectivity index (χ3n) is 2.63. The lowest BCUT2D eigenvalue weighted by molar-refractivity contribution is 0.0979. The van der Waals surface area contributed by atoms with Gasteiger partial charge in [0.05, 0.1) is 4.88 Å². The summed E-state index contributed by atoms with van der Waals surface area (Å²) in [7, 11) is 3.81. The fourth-order valence-electron chi connectivity index (χ4n) is 1.66. The van der Waals surface area contributed by atoms with Crippen LogP contribution in [-0.4, -0.2) is 44.5 Å². The monoisotopic (exact) mass is 255 g/mol. The van der Waals surface area contributed by atoms with Gasteiger partial charge >= 0.3 is 0 Å². The van der Waals surface area contributed by atoms with Gasteiger partial charge in [-0.1, -0.05) is 6.07 Å². The zero-order valence-corrected chi connectivity index (χ0v) is 11.5. The molecule has 1 heterocycles. The fraction of sp³-hybridized carbons (Fsp3) is 0.615. The summed E-state index contributed by atoms with van der Waals surface area (Å²) >= 11 is 1.53. The minimum Gasteiger partial charge on any atom is -0.385 e. The Morgan fingerprint density at radius 3 is 2.82 bits per heavy atom. The number of methoxy groups -OCH3 is 1. The third kappa shape index (κ3) is 5.96. The smallest absolute Gasteiger partial charge is 0.172 e. The van der Waals surface area contributed by atoms with Crippen molar-refractivity contribution in [3.05, 3.63) is 22.4 Å². The molecule has 1 rings (SSSR count). The molecular weight excluding hydrogens is 234 g/mol. The number of hydrogen-bond acceptors (Lipinski definition) is 4. The summed E-state index contributed by atoms with van der Waals surface area (Å²) < 4.78 is 5.00. The van der Waals surface area contributed by atoms with Crippen LogP contribution in [0.3, 0.4) is 0 Å². The quantitative estimate of drug-likeness (QED) is 0.502. The Labute approximate surface area is 107 Å².